The van der Waals surface area contributed by atoms with Gasteiger partial charge in [0, 0.05) is 27.3 Å². The lowest BCUT2D eigenvalue weighted by Crippen LogP contribution is -1.95. The van der Waals surface area contributed by atoms with E-state index < -0.39 is 0 Å². The van der Waals surface area contributed by atoms with Crippen molar-refractivity contribution in [3.8, 4) is 33.6 Å². The van der Waals surface area contributed by atoms with Gasteiger partial charge in [0.2, 0.25) is 0 Å². The minimum absolute atomic E-state index is 0.943. The Kier molecular flexibility index (Phi) is 5.91. The van der Waals surface area contributed by atoms with E-state index in [2.05, 4.69) is 170 Å². The zero-order chi connectivity index (χ0) is 31.6. The summed E-state index contributed by atoms with van der Waals surface area (Å²) in [5.41, 5.74) is 8.62. The van der Waals surface area contributed by atoms with Gasteiger partial charge in [0.05, 0.1) is 22.4 Å². The van der Waals surface area contributed by atoms with Crippen LogP contribution in [0, 0.1) is 0 Å². The smallest absolute Gasteiger partial charge is 0.0794 e. The van der Waals surface area contributed by atoms with Crippen molar-refractivity contribution in [3.63, 3.8) is 0 Å². The molecule has 2 heterocycles. The van der Waals surface area contributed by atoms with Crippen molar-refractivity contribution in [2.75, 3.05) is 0 Å². The van der Waals surface area contributed by atoms with Gasteiger partial charge in [0.1, 0.15) is 0 Å². The fourth-order valence-corrected chi connectivity index (χ4v) is 7.67. The lowest BCUT2D eigenvalue weighted by molar-refractivity contribution is 1.34. The average Bonchev–Trinajstić information content (AvgIpc) is 3.15. The summed E-state index contributed by atoms with van der Waals surface area (Å²) in [4.78, 5) is 10.7. The van der Waals surface area contributed by atoms with Crippen molar-refractivity contribution < 1.29 is 0 Å². The first-order valence-electron chi connectivity index (χ1n) is 16.4. The highest BCUT2D eigenvalue weighted by Gasteiger charge is 2.19. The molecule has 0 fully saturated rings. The minimum Gasteiger partial charge on any atom is -0.248 e. The third-order valence-electron chi connectivity index (χ3n) is 9.81. The molecule has 0 aliphatic heterocycles. The maximum absolute atomic E-state index is 5.51. The van der Waals surface area contributed by atoms with E-state index in [9.17, 15) is 0 Å². The molecule has 2 heteroatoms. The highest BCUT2D eigenvalue weighted by Crippen LogP contribution is 2.44. The second-order valence-corrected chi connectivity index (χ2v) is 12.5. The molecule has 222 valence electrons. The van der Waals surface area contributed by atoms with Gasteiger partial charge in [-0.25, -0.2) is 9.97 Å². The third-order valence-corrected chi connectivity index (χ3v) is 9.81. The van der Waals surface area contributed by atoms with Gasteiger partial charge in [-0.3, -0.25) is 0 Å². The molecule has 48 heavy (non-hydrogen) atoms. The van der Waals surface area contributed by atoms with Crippen LogP contribution in [0.25, 0.3) is 98.5 Å². The van der Waals surface area contributed by atoms with Gasteiger partial charge in [0.25, 0.3) is 0 Å². The number of para-hydroxylation sites is 1. The molecule has 0 unspecified atom stereocenters. The molecule has 0 radical (unpaired) electrons. The van der Waals surface area contributed by atoms with E-state index in [1.807, 2.05) is 0 Å². The van der Waals surface area contributed by atoms with Crippen LogP contribution >= 0.6 is 0 Å². The Morgan fingerprint density at radius 2 is 0.812 bits per heavy atom. The van der Waals surface area contributed by atoms with Gasteiger partial charge in [-0.2, -0.15) is 0 Å². The molecule has 2 aromatic heterocycles. The first kappa shape index (κ1) is 26.8. The van der Waals surface area contributed by atoms with Crippen LogP contribution < -0.4 is 0 Å². The summed E-state index contributed by atoms with van der Waals surface area (Å²) in [5.74, 6) is 0. The average molecular weight is 609 g/mol. The van der Waals surface area contributed by atoms with Gasteiger partial charge in [-0.15, -0.1) is 0 Å². The molecule has 0 bridgehead atoms. The lowest BCUT2D eigenvalue weighted by Gasteiger charge is -2.18. The highest BCUT2D eigenvalue weighted by atomic mass is 14.7. The second-order valence-electron chi connectivity index (χ2n) is 12.5. The number of hydrogen-bond donors (Lipinski definition) is 0. The number of rotatable bonds is 3. The second kappa shape index (κ2) is 10.6. The van der Waals surface area contributed by atoms with Crippen LogP contribution in [0.1, 0.15) is 0 Å². The Morgan fingerprint density at radius 1 is 0.292 bits per heavy atom. The standard InChI is InChI=1S/C46H28N2/c1-2-14-31-28-32(25-24-29(31)12-1)43-34-16-5-7-18-36(34)44(37-19-8-6-17-35(37)43)41-22-11-23-42(47-41)45-38-20-9-10-21-40(38)48-46-33-15-4-3-13-30(33)26-27-39(45)46/h1-28H. The van der Waals surface area contributed by atoms with E-state index in [1.165, 1.54) is 48.8 Å². The van der Waals surface area contributed by atoms with Crippen LogP contribution in [0.2, 0.25) is 0 Å². The molecular weight excluding hydrogens is 581 g/mol. The highest BCUT2D eigenvalue weighted by molar-refractivity contribution is 6.22. The van der Waals surface area contributed by atoms with E-state index in [0.29, 0.717) is 0 Å². The zero-order valence-electron chi connectivity index (χ0n) is 26.1. The number of nitrogens with zero attached hydrogens (tertiary/aromatic N) is 2. The molecule has 0 aliphatic carbocycles. The fourth-order valence-electron chi connectivity index (χ4n) is 7.67. The quantitative estimate of drug-likeness (QED) is 0.147. The normalized spacial score (nSPS) is 11.8. The van der Waals surface area contributed by atoms with Crippen molar-refractivity contribution in [1.29, 1.82) is 0 Å². The zero-order valence-corrected chi connectivity index (χ0v) is 26.1. The minimum atomic E-state index is 0.943. The molecule has 0 amide bonds. The van der Waals surface area contributed by atoms with Crippen molar-refractivity contribution in [3.05, 3.63) is 170 Å². The number of pyridine rings is 2. The van der Waals surface area contributed by atoms with Crippen LogP contribution in [-0.4, -0.2) is 9.97 Å². The Balaban J connectivity index is 1.27. The molecule has 0 N–H and O–H groups in total. The van der Waals surface area contributed by atoms with Crippen molar-refractivity contribution in [1.82, 2.24) is 9.97 Å². The van der Waals surface area contributed by atoms with Crippen LogP contribution in [-0.2, 0) is 0 Å². The number of hydrogen-bond acceptors (Lipinski definition) is 2. The summed E-state index contributed by atoms with van der Waals surface area (Å²) < 4.78 is 0. The predicted octanol–water partition coefficient (Wildman–Crippen LogP) is 12.4. The third kappa shape index (κ3) is 4.06. The molecule has 10 aromatic rings. The van der Waals surface area contributed by atoms with Crippen molar-refractivity contribution in [2.45, 2.75) is 0 Å². The molecule has 0 saturated carbocycles. The van der Waals surface area contributed by atoms with Gasteiger partial charge in [-0.05, 0) is 73.1 Å². The van der Waals surface area contributed by atoms with E-state index in [0.717, 1.165) is 49.7 Å². The molecule has 2 nitrogen and oxygen atoms in total. The van der Waals surface area contributed by atoms with Crippen molar-refractivity contribution >= 4 is 64.9 Å². The Labute approximate surface area is 277 Å². The Hall–Kier alpha value is -6.38. The summed E-state index contributed by atoms with van der Waals surface area (Å²) in [6.45, 7) is 0. The van der Waals surface area contributed by atoms with Gasteiger partial charge in [0.15, 0.2) is 0 Å². The first-order valence-corrected chi connectivity index (χ1v) is 16.4. The van der Waals surface area contributed by atoms with Gasteiger partial charge < -0.3 is 0 Å². The van der Waals surface area contributed by atoms with Crippen LogP contribution in [0.3, 0.4) is 0 Å². The van der Waals surface area contributed by atoms with Crippen molar-refractivity contribution in [2.24, 2.45) is 0 Å². The summed E-state index contributed by atoms with van der Waals surface area (Å²) in [5, 5.41) is 11.9. The molecule has 8 aromatic carbocycles. The van der Waals surface area contributed by atoms with E-state index in [-0.39, 0.29) is 0 Å². The summed E-state index contributed by atoms with van der Waals surface area (Å²) >= 11 is 0. The lowest BCUT2D eigenvalue weighted by atomic mass is 9.86. The van der Waals surface area contributed by atoms with Crippen LogP contribution in [0.5, 0.6) is 0 Å². The summed E-state index contributed by atoms with van der Waals surface area (Å²) in [6.07, 6.45) is 0. The molecule has 0 spiro atoms. The van der Waals surface area contributed by atoms with E-state index in [1.54, 1.807) is 0 Å². The Bertz CT molecular complexity index is 2850. The molecule has 0 atom stereocenters. The predicted molar refractivity (Wildman–Crippen MR) is 203 cm³/mol. The van der Waals surface area contributed by atoms with E-state index >= 15 is 0 Å². The van der Waals surface area contributed by atoms with E-state index in [4.69, 9.17) is 9.97 Å². The maximum atomic E-state index is 5.51. The molecule has 0 aliphatic rings. The van der Waals surface area contributed by atoms with Gasteiger partial charge in [-0.1, -0.05) is 146 Å². The SMILES string of the molecule is c1cc(-c2c3ccccc3c(-c3ccc4ccccc4c3)c3ccccc23)nc(-c2c3ccccc3nc3c2ccc2ccccc23)c1. The monoisotopic (exact) mass is 608 g/mol. The molecule has 0 saturated heterocycles. The number of aromatic nitrogens is 2. The maximum Gasteiger partial charge on any atom is 0.0794 e. The summed E-state index contributed by atoms with van der Waals surface area (Å²) in [7, 11) is 0. The number of fused-ring (bicyclic) bond motifs is 7. The molecular formula is C46H28N2. The van der Waals surface area contributed by atoms with Gasteiger partial charge >= 0.3 is 0 Å². The topological polar surface area (TPSA) is 25.8 Å². The van der Waals surface area contributed by atoms with Crippen LogP contribution in [0.15, 0.2) is 170 Å². The van der Waals surface area contributed by atoms with Crippen LogP contribution in [0.4, 0.5) is 0 Å². The fraction of sp³-hybridized carbons (Fsp3) is 0. The first-order chi connectivity index (χ1) is 23.8. The summed E-state index contributed by atoms with van der Waals surface area (Å²) in [6, 6.07) is 60.8. The Morgan fingerprint density at radius 3 is 1.52 bits per heavy atom. The largest absolute Gasteiger partial charge is 0.248 e. The molecule has 10 rings (SSSR count). The number of benzene rings is 8.